The van der Waals surface area contributed by atoms with Crippen LogP contribution in [0, 0.1) is 6.92 Å². The first kappa shape index (κ1) is 9.37. The average Bonchev–Trinajstić information content (AvgIpc) is 2.54. The van der Waals surface area contributed by atoms with Crippen LogP contribution in [0.5, 0.6) is 0 Å². The van der Waals surface area contributed by atoms with Gasteiger partial charge in [0.25, 0.3) is 0 Å². The zero-order valence-electron chi connectivity index (χ0n) is 9.29. The van der Waals surface area contributed by atoms with Gasteiger partial charge in [0.1, 0.15) is 0 Å². The van der Waals surface area contributed by atoms with Gasteiger partial charge in [0.15, 0.2) is 0 Å². The van der Waals surface area contributed by atoms with Gasteiger partial charge in [0, 0.05) is 12.5 Å². The van der Waals surface area contributed by atoms with Crippen molar-refractivity contribution in [3.8, 4) is 0 Å². The molecule has 1 saturated heterocycles. The van der Waals surface area contributed by atoms with Gasteiger partial charge in [-0.05, 0) is 25.0 Å². The molecule has 1 fully saturated rings. The Morgan fingerprint density at radius 3 is 3.13 bits per heavy atom. The van der Waals surface area contributed by atoms with Crippen LogP contribution in [0.2, 0.25) is 0 Å². The molecule has 0 amide bonds. The normalized spacial score (nSPS) is 33.6. The fourth-order valence-corrected chi connectivity index (χ4v) is 2.72. The monoisotopic (exact) mass is 203 g/mol. The first-order valence-corrected chi connectivity index (χ1v) is 5.71. The molecule has 0 aromatic heterocycles. The third-order valence-electron chi connectivity index (χ3n) is 3.45. The van der Waals surface area contributed by atoms with Gasteiger partial charge in [-0.3, -0.25) is 0 Å². The summed E-state index contributed by atoms with van der Waals surface area (Å²) in [6, 6.07) is 7.64. The predicted molar refractivity (Wildman–Crippen MR) is 60.0 cm³/mol. The van der Waals surface area contributed by atoms with Crippen molar-refractivity contribution < 1.29 is 4.74 Å². The number of benzene rings is 1. The first-order chi connectivity index (χ1) is 7.24. The molecule has 0 bridgehead atoms. The Morgan fingerprint density at radius 2 is 2.27 bits per heavy atom. The Labute approximate surface area is 90.6 Å². The van der Waals surface area contributed by atoms with E-state index in [2.05, 4.69) is 37.4 Å². The molecule has 80 valence electrons. The molecule has 3 rings (SSSR count). The minimum atomic E-state index is 0.359. The lowest BCUT2D eigenvalue weighted by atomic mass is 10.0. The molecule has 0 spiro atoms. The minimum absolute atomic E-state index is 0.359. The van der Waals surface area contributed by atoms with E-state index in [9.17, 15) is 0 Å². The number of hydrogen-bond acceptors (Lipinski definition) is 2. The summed E-state index contributed by atoms with van der Waals surface area (Å²) >= 11 is 0. The van der Waals surface area contributed by atoms with Crippen LogP contribution in [-0.2, 0) is 11.2 Å². The second kappa shape index (κ2) is 3.32. The Kier molecular flexibility index (Phi) is 2.08. The van der Waals surface area contributed by atoms with E-state index in [-0.39, 0.29) is 0 Å². The molecule has 2 aliphatic rings. The summed E-state index contributed by atoms with van der Waals surface area (Å²) in [4.78, 5) is 0. The van der Waals surface area contributed by atoms with Gasteiger partial charge in [0.2, 0.25) is 0 Å². The summed E-state index contributed by atoms with van der Waals surface area (Å²) in [7, 11) is 0. The van der Waals surface area contributed by atoms with E-state index in [0.717, 1.165) is 13.0 Å². The van der Waals surface area contributed by atoms with Crippen LogP contribution in [0.1, 0.15) is 29.7 Å². The summed E-state index contributed by atoms with van der Waals surface area (Å²) in [5.41, 5.74) is 4.25. The predicted octanol–water partition coefficient (Wildman–Crippen LogP) is 1.97. The van der Waals surface area contributed by atoms with Crippen LogP contribution < -0.4 is 5.32 Å². The zero-order chi connectivity index (χ0) is 10.4. The lowest BCUT2D eigenvalue weighted by molar-refractivity contribution is -0.0157. The molecule has 2 nitrogen and oxygen atoms in total. The fraction of sp³-hybridized carbons (Fsp3) is 0.538. The van der Waals surface area contributed by atoms with Crippen LogP contribution in [0.3, 0.4) is 0 Å². The molecule has 1 aromatic carbocycles. The lowest BCUT2D eigenvalue weighted by Gasteiger charge is -2.32. The summed E-state index contributed by atoms with van der Waals surface area (Å²) in [6.07, 6.45) is 1.43. The van der Waals surface area contributed by atoms with Gasteiger partial charge < -0.3 is 10.1 Å². The summed E-state index contributed by atoms with van der Waals surface area (Å²) in [6.45, 7) is 5.18. The van der Waals surface area contributed by atoms with Crippen molar-refractivity contribution >= 4 is 0 Å². The van der Waals surface area contributed by atoms with Gasteiger partial charge in [0.05, 0.1) is 18.8 Å². The van der Waals surface area contributed by atoms with E-state index in [1.54, 1.807) is 0 Å². The number of nitrogens with one attached hydrogen (secondary N) is 1. The quantitative estimate of drug-likeness (QED) is 0.696. The summed E-state index contributed by atoms with van der Waals surface area (Å²) in [5.74, 6) is 0. The molecule has 15 heavy (non-hydrogen) atoms. The molecule has 1 aromatic rings. The fourth-order valence-electron chi connectivity index (χ4n) is 2.72. The van der Waals surface area contributed by atoms with Gasteiger partial charge in [-0.2, -0.15) is 0 Å². The van der Waals surface area contributed by atoms with E-state index < -0.39 is 0 Å². The molecular formula is C13H17NO. The molecule has 1 N–H and O–H groups in total. The molecule has 0 radical (unpaired) electrons. The largest absolute Gasteiger partial charge is 0.374 e. The highest BCUT2D eigenvalue weighted by Crippen LogP contribution is 2.36. The topological polar surface area (TPSA) is 21.3 Å². The maximum atomic E-state index is 5.87. The van der Waals surface area contributed by atoms with Crippen molar-refractivity contribution in [2.24, 2.45) is 0 Å². The van der Waals surface area contributed by atoms with E-state index in [1.165, 1.54) is 16.7 Å². The molecule has 3 atom stereocenters. The number of rotatable bonds is 0. The Morgan fingerprint density at radius 1 is 1.40 bits per heavy atom. The van der Waals surface area contributed by atoms with Crippen LogP contribution in [0.25, 0.3) is 0 Å². The van der Waals surface area contributed by atoms with Crippen LogP contribution >= 0.6 is 0 Å². The smallest absolute Gasteiger partial charge is 0.0811 e. The van der Waals surface area contributed by atoms with E-state index in [1.807, 2.05) is 0 Å². The van der Waals surface area contributed by atoms with Crippen LogP contribution in [-0.4, -0.2) is 18.8 Å². The maximum absolute atomic E-state index is 5.87. The van der Waals surface area contributed by atoms with Crippen molar-refractivity contribution in [1.82, 2.24) is 5.32 Å². The highest BCUT2D eigenvalue weighted by Gasteiger charge is 2.36. The van der Waals surface area contributed by atoms with Gasteiger partial charge in [-0.15, -0.1) is 0 Å². The highest BCUT2D eigenvalue weighted by atomic mass is 16.5. The zero-order valence-corrected chi connectivity index (χ0v) is 9.29. The van der Waals surface area contributed by atoms with Crippen molar-refractivity contribution in [3.05, 3.63) is 34.9 Å². The molecule has 1 aliphatic carbocycles. The lowest BCUT2D eigenvalue weighted by Crippen LogP contribution is -2.45. The van der Waals surface area contributed by atoms with E-state index in [0.29, 0.717) is 18.2 Å². The Hall–Kier alpha value is -0.860. The Bertz CT molecular complexity index is 388. The second-order valence-corrected chi connectivity index (χ2v) is 4.82. The van der Waals surface area contributed by atoms with Gasteiger partial charge in [-0.25, -0.2) is 0 Å². The molecule has 1 heterocycles. The number of ether oxygens (including phenoxy) is 1. The number of aryl methyl sites for hydroxylation is 1. The second-order valence-electron chi connectivity index (χ2n) is 4.82. The molecule has 1 aliphatic heterocycles. The third kappa shape index (κ3) is 1.48. The summed E-state index contributed by atoms with van der Waals surface area (Å²) in [5, 5.41) is 3.63. The van der Waals surface area contributed by atoms with Crippen molar-refractivity contribution in [1.29, 1.82) is 0 Å². The molecular weight excluding hydrogens is 186 g/mol. The van der Waals surface area contributed by atoms with Crippen LogP contribution in [0.4, 0.5) is 0 Å². The SMILES string of the molecule is Cc1ccc2c(c1)C[C@@H]1OC[C@@H](C)N[C@H]21. The number of fused-ring (bicyclic) bond motifs is 3. The molecule has 0 unspecified atom stereocenters. The highest BCUT2D eigenvalue weighted by molar-refractivity contribution is 5.39. The molecule has 2 heteroatoms. The van der Waals surface area contributed by atoms with Gasteiger partial charge >= 0.3 is 0 Å². The third-order valence-corrected chi connectivity index (χ3v) is 3.45. The van der Waals surface area contributed by atoms with Crippen LogP contribution in [0.15, 0.2) is 18.2 Å². The van der Waals surface area contributed by atoms with Crippen molar-refractivity contribution in [2.45, 2.75) is 38.5 Å². The summed E-state index contributed by atoms with van der Waals surface area (Å²) < 4.78 is 5.87. The standard InChI is InChI=1S/C13H17NO/c1-8-3-4-11-10(5-8)6-12-13(11)14-9(2)7-15-12/h3-5,9,12-14H,6-7H2,1-2H3/t9-,12+,13-/m1/s1. The van der Waals surface area contributed by atoms with Crippen molar-refractivity contribution in [2.75, 3.05) is 6.61 Å². The van der Waals surface area contributed by atoms with E-state index >= 15 is 0 Å². The minimum Gasteiger partial charge on any atom is -0.374 e. The van der Waals surface area contributed by atoms with Crippen molar-refractivity contribution in [3.63, 3.8) is 0 Å². The van der Waals surface area contributed by atoms with E-state index in [4.69, 9.17) is 4.74 Å². The molecule has 0 saturated carbocycles. The van der Waals surface area contributed by atoms with Gasteiger partial charge in [-0.1, -0.05) is 23.8 Å². The maximum Gasteiger partial charge on any atom is 0.0811 e. The number of morpholine rings is 1. The number of hydrogen-bond donors (Lipinski definition) is 1. The first-order valence-electron chi connectivity index (χ1n) is 5.71. The average molecular weight is 203 g/mol. The Balaban J connectivity index is 1.97.